The monoisotopic (exact) mass is 390 g/mol. The first-order chi connectivity index (χ1) is 13.9. The van der Waals surface area contributed by atoms with Crippen LogP contribution >= 0.6 is 0 Å². The number of carboxylic acid groups (broad SMARTS) is 1. The largest absolute Gasteiger partial charge is 0.507 e. The number of aliphatic carboxylic acids is 1. The van der Waals surface area contributed by atoms with E-state index in [4.69, 9.17) is 14.6 Å². The number of ether oxygens (including phenoxy) is 1. The van der Waals surface area contributed by atoms with Crippen LogP contribution in [0.15, 0.2) is 84.9 Å². The molecule has 0 bridgehead atoms. The number of carbonyl (C=O) groups excluding carboxylic acids is 1. The van der Waals surface area contributed by atoms with Gasteiger partial charge >= 0.3 is 5.97 Å². The molecular weight excluding hydrogens is 368 g/mol. The number of hydrogen-bond acceptors (Lipinski definition) is 4. The number of esters is 1. The topological polar surface area (TPSA) is 83.8 Å². The number of hydrogen-bond donors (Lipinski definition) is 2. The Hall–Kier alpha value is -3.86. The van der Waals surface area contributed by atoms with Gasteiger partial charge in [0.15, 0.2) is 0 Å². The van der Waals surface area contributed by atoms with Gasteiger partial charge in [-0.2, -0.15) is 0 Å². The van der Waals surface area contributed by atoms with Crippen molar-refractivity contribution in [2.75, 3.05) is 0 Å². The van der Waals surface area contributed by atoms with Crippen molar-refractivity contribution < 1.29 is 24.5 Å². The predicted molar refractivity (Wildman–Crippen MR) is 114 cm³/mol. The first-order valence-electron chi connectivity index (χ1n) is 8.91. The van der Waals surface area contributed by atoms with E-state index in [0.29, 0.717) is 11.5 Å². The molecule has 4 aromatic rings. The van der Waals surface area contributed by atoms with Crippen molar-refractivity contribution in [3.63, 3.8) is 0 Å². The van der Waals surface area contributed by atoms with Crippen LogP contribution in [0.3, 0.4) is 0 Å². The molecule has 0 unspecified atom stereocenters. The Kier molecular flexibility index (Phi) is 7.74. The predicted octanol–water partition coefficient (Wildman–Crippen LogP) is 5.40. The Bertz CT molecular complexity index is 1100. The molecule has 148 valence electrons. The molecular formula is C24H22O5. The summed E-state index contributed by atoms with van der Waals surface area (Å²) in [5, 5.41) is 20.8. The summed E-state index contributed by atoms with van der Waals surface area (Å²) < 4.78 is 5.09. The van der Waals surface area contributed by atoms with E-state index in [-0.39, 0.29) is 5.97 Å². The van der Waals surface area contributed by atoms with Gasteiger partial charge in [-0.1, -0.05) is 72.8 Å². The summed E-state index contributed by atoms with van der Waals surface area (Å²) >= 11 is 0. The molecule has 0 aromatic heterocycles. The molecule has 5 nitrogen and oxygen atoms in total. The minimum absolute atomic E-state index is 0.290. The quantitative estimate of drug-likeness (QED) is 0.336. The summed E-state index contributed by atoms with van der Waals surface area (Å²) in [6.45, 7) is 2.49. The van der Waals surface area contributed by atoms with E-state index in [0.717, 1.165) is 28.5 Å². The summed E-state index contributed by atoms with van der Waals surface area (Å²) in [7, 11) is 0. The highest BCUT2D eigenvalue weighted by Crippen LogP contribution is 2.25. The molecule has 0 heterocycles. The average Bonchev–Trinajstić information content (AvgIpc) is 2.68. The SMILES string of the molecule is CC(=O)O.CC(=O)Oc1cccc2ccccc12.Oc1cccc2ccccc12. The number of fused-ring (bicyclic) bond motifs is 2. The Balaban J connectivity index is 0.000000179. The van der Waals surface area contributed by atoms with E-state index >= 15 is 0 Å². The summed E-state index contributed by atoms with van der Waals surface area (Å²) in [6.07, 6.45) is 0. The van der Waals surface area contributed by atoms with Crippen LogP contribution in [-0.2, 0) is 9.59 Å². The smallest absolute Gasteiger partial charge is 0.308 e. The van der Waals surface area contributed by atoms with Crippen LogP contribution in [0, 0.1) is 0 Å². The first kappa shape index (κ1) is 21.4. The van der Waals surface area contributed by atoms with Crippen LogP contribution in [0.1, 0.15) is 13.8 Å². The molecule has 0 aliphatic heterocycles. The van der Waals surface area contributed by atoms with Gasteiger partial charge in [-0.25, -0.2) is 0 Å². The molecule has 0 saturated carbocycles. The standard InChI is InChI=1S/C12H10O2.C10H8O.C2H4O2/c1-9(13)14-12-8-4-6-10-5-2-3-7-11(10)12;11-10-7-3-5-8-4-1-2-6-9(8)10;1-2(3)4/h2-8H,1H3;1-7,11H;1H3,(H,3,4). The maximum atomic E-state index is 10.8. The maximum Gasteiger partial charge on any atom is 0.308 e. The Morgan fingerprint density at radius 1 is 0.690 bits per heavy atom. The second-order valence-electron chi connectivity index (χ2n) is 6.09. The number of phenolic OH excluding ortho intramolecular Hbond substituents is 1. The molecule has 0 spiro atoms. The van der Waals surface area contributed by atoms with Crippen molar-refractivity contribution in [1.82, 2.24) is 0 Å². The van der Waals surface area contributed by atoms with Gasteiger partial charge in [-0.05, 0) is 22.9 Å². The van der Waals surface area contributed by atoms with Gasteiger partial charge in [0.05, 0.1) is 0 Å². The van der Waals surface area contributed by atoms with Crippen LogP contribution in [0.2, 0.25) is 0 Å². The summed E-state index contributed by atoms with van der Waals surface area (Å²) in [6, 6.07) is 26.8. The van der Waals surface area contributed by atoms with E-state index in [1.54, 1.807) is 12.1 Å². The third-order valence-electron chi connectivity index (χ3n) is 3.77. The Labute approximate surface area is 168 Å². The fourth-order valence-electron chi connectivity index (χ4n) is 2.65. The summed E-state index contributed by atoms with van der Waals surface area (Å²) in [4.78, 5) is 19.8. The first-order valence-corrected chi connectivity index (χ1v) is 8.91. The second-order valence-corrected chi connectivity index (χ2v) is 6.09. The highest BCUT2D eigenvalue weighted by Gasteiger charge is 2.02. The molecule has 5 heteroatoms. The molecule has 0 saturated heterocycles. The molecule has 4 rings (SSSR count). The van der Waals surface area contributed by atoms with Crippen LogP contribution in [0.4, 0.5) is 0 Å². The van der Waals surface area contributed by atoms with Gasteiger partial charge in [-0.15, -0.1) is 0 Å². The molecule has 4 aromatic carbocycles. The van der Waals surface area contributed by atoms with Gasteiger partial charge in [0.1, 0.15) is 11.5 Å². The summed E-state index contributed by atoms with van der Waals surface area (Å²) in [5.74, 6) is -0.153. The summed E-state index contributed by atoms with van der Waals surface area (Å²) in [5.41, 5.74) is 0. The van der Waals surface area contributed by atoms with Crippen molar-refractivity contribution >= 4 is 33.5 Å². The molecule has 0 atom stereocenters. The molecule has 0 radical (unpaired) electrons. The third kappa shape index (κ3) is 6.66. The fraction of sp³-hybridized carbons (Fsp3) is 0.0833. The van der Waals surface area contributed by atoms with Gasteiger partial charge in [0.2, 0.25) is 0 Å². The van der Waals surface area contributed by atoms with Gasteiger partial charge in [-0.3, -0.25) is 9.59 Å². The lowest BCUT2D eigenvalue weighted by Gasteiger charge is -2.04. The zero-order chi connectivity index (χ0) is 21.2. The van der Waals surface area contributed by atoms with E-state index in [9.17, 15) is 9.90 Å². The van der Waals surface area contributed by atoms with Crippen molar-refractivity contribution in [2.45, 2.75) is 13.8 Å². The lowest BCUT2D eigenvalue weighted by atomic mass is 10.1. The normalized spacial score (nSPS) is 9.59. The van der Waals surface area contributed by atoms with Gasteiger partial charge in [0, 0.05) is 24.6 Å². The highest BCUT2D eigenvalue weighted by atomic mass is 16.5. The van der Waals surface area contributed by atoms with Crippen LogP contribution in [0.5, 0.6) is 11.5 Å². The number of carboxylic acids is 1. The number of rotatable bonds is 1. The molecule has 0 aliphatic carbocycles. The van der Waals surface area contributed by atoms with Crippen molar-refractivity contribution in [3.8, 4) is 11.5 Å². The lowest BCUT2D eigenvalue weighted by Crippen LogP contribution is -2.01. The minimum atomic E-state index is -0.833. The second kappa shape index (κ2) is 10.5. The van der Waals surface area contributed by atoms with Gasteiger partial charge in [0.25, 0.3) is 5.97 Å². The Morgan fingerprint density at radius 2 is 1.14 bits per heavy atom. The van der Waals surface area contributed by atoms with E-state index in [1.165, 1.54) is 6.92 Å². The van der Waals surface area contributed by atoms with Crippen molar-refractivity contribution in [1.29, 1.82) is 0 Å². The highest BCUT2D eigenvalue weighted by molar-refractivity contribution is 5.90. The van der Waals surface area contributed by atoms with Crippen molar-refractivity contribution in [2.24, 2.45) is 0 Å². The van der Waals surface area contributed by atoms with Crippen molar-refractivity contribution in [3.05, 3.63) is 84.9 Å². The number of benzene rings is 4. The van der Waals surface area contributed by atoms with Crippen LogP contribution in [0.25, 0.3) is 21.5 Å². The van der Waals surface area contributed by atoms with Crippen LogP contribution in [-0.4, -0.2) is 22.2 Å². The molecule has 0 fully saturated rings. The molecule has 0 aliphatic rings. The molecule has 0 amide bonds. The van der Waals surface area contributed by atoms with E-state index < -0.39 is 5.97 Å². The maximum absolute atomic E-state index is 10.8. The zero-order valence-corrected chi connectivity index (χ0v) is 16.2. The zero-order valence-electron chi connectivity index (χ0n) is 16.2. The lowest BCUT2D eigenvalue weighted by molar-refractivity contribution is -0.134. The molecule has 2 N–H and O–H groups in total. The molecule has 29 heavy (non-hydrogen) atoms. The average molecular weight is 390 g/mol. The Morgan fingerprint density at radius 3 is 1.69 bits per heavy atom. The number of phenols is 1. The van der Waals surface area contributed by atoms with Crippen LogP contribution < -0.4 is 4.74 Å². The van der Waals surface area contributed by atoms with E-state index in [1.807, 2.05) is 72.8 Å². The third-order valence-corrected chi connectivity index (χ3v) is 3.77. The number of carbonyl (C=O) groups is 2. The van der Waals surface area contributed by atoms with E-state index in [2.05, 4.69) is 0 Å². The van der Waals surface area contributed by atoms with Gasteiger partial charge < -0.3 is 14.9 Å². The fourth-order valence-corrected chi connectivity index (χ4v) is 2.65. The number of aromatic hydroxyl groups is 1. The minimum Gasteiger partial charge on any atom is -0.507 e.